The number of rotatable bonds is 2. The van der Waals surface area contributed by atoms with Crippen LogP contribution in [0.5, 0.6) is 0 Å². The second-order valence-electron chi connectivity index (χ2n) is 3.35. The molecule has 4 nitrogen and oxygen atoms in total. The van der Waals surface area contributed by atoms with Crippen molar-refractivity contribution in [3.05, 3.63) is 52.8 Å². The summed E-state index contributed by atoms with van der Waals surface area (Å²) in [6.45, 7) is 0. The van der Waals surface area contributed by atoms with Gasteiger partial charge in [-0.2, -0.15) is 5.26 Å². The lowest BCUT2D eigenvalue weighted by Crippen LogP contribution is -2.00. The first-order chi connectivity index (χ1) is 8.13. The van der Waals surface area contributed by atoms with Gasteiger partial charge in [0, 0.05) is 6.20 Å². The summed E-state index contributed by atoms with van der Waals surface area (Å²) in [5.74, 6) is -1.04. The van der Waals surface area contributed by atoms with Crippen LogP contribution in [0.1, 0.15) is 16.1 Å². The SMILES string of the molecule is N#Cc1cccn1-c1ccc(C(=O)O)cc1Cl. The molecule has 0 radical (unpaired) electrons. The van der Waals surface area contributed by atoms with Gasteiger partial charge in [0.15, 0.2) is 0 Å². The summed E-state index contributed by atoms with van der Waals surface area (Å²) in [5.41, 5.74) is 1.14. The van der Waals surface area contributed by atoms with Crippen LogP contribution in [0.2, 0.25) is 5.02 Å². The lowest BCUT2D eigenvalue weighted by Gasteiger charge is -2.07. The van der Waals surface area contributed by atoms with Gasteiger partial charge in [-0.15, -0.1) is 0 Å². The number of halogens is 1. The molecule has 1 aromatic carbocycles. The van der Waals surface area contributed by atoms with Gasteiger partial charge in [-0.3, -0.25) is 0 Å². The number of carbonyl (C=O) groups is 1. The molecule has 2 aromatic rings. The molecule has 1 heterocycles. The second kappa shape index (κ2) is 4.32. The highest BCUT2D eigenvalue weighted by atomic mass is 35.5. The molecule has 84 valence electrons. The monoisotopic (exact) mass is 246 g/mol. The fourth-order valence-corrected chi connectivity index (χ4v) is 1.79. The number of hydrogen-bond donors (Lipinski definition) is 1. The summed E-state index contributed by atoms with van der Waals surface area (Å²) in [6, 6.07) is 9.79. The summed E-state index contributed by atoms with van der Waals surface area (Å²) in [4.78, 5) is 10.8. The Balaban J connectivity index is 2.55. The van der Waals surface area contributed by atoms with E-state index in [0.717, 1.165) is 0 Å². The summed E-state index contributed by atoms with van der Waals surface area (Å²) < 4.78 is 1.61. The Bertz CT molecular complexity index is 626. The standard InChI is InChI=1S/C12H7ClN2O2/c13-10-6-8(12(16)17)3-4-11(10)15-5-1-2-9(15)7-14/h1-6H,(H,16,17). The van der Waals surface area contributed by atoms with E-state index in [2.05, 4.69) is 0 Å². The Morgan fingerprint density at radius 3 is 2.76 bits per heavy atom. The van der Waals surface area contributed by atoms with E-state index in [0.29, 0.717) is 11.4 Å². The van der Waals surface area contributed by atoms with E-state index in [1.807, 2.05) is 6.07 Å². The minimum Gasteiger partial charge on any atom is -0.478 e. The minimum absolute atomic E-state index is 0.115. The summed E-state index contributed by atoms with van der Waals surface area (Å²) >= 11 is 6.00. The number of hydrogen-bond acceptors (Lipinski definition) is 2. The van der Waals surface area contributed by atoms with E-state index in [9.17, 15) is 4.79 Å². The first-order valence-corrected chi connectivity index (χ1v) is 5.12. The number of nitriles is 1. The Kier molecular flexibility index (Phi) is 2.86. The Hall–Kier alpha value is -2.25. The zero-order valence-electron chi connectivity index (χ0n) is 8.59. The van der Waals surface area contributed by atoms with E-state index in [1.165, 1.54) is 12.1 Å². The van der Waals surface area contributed by atoms with Crippen molar-refractivity contribution in [2.45, 2.75) is 0 Å². The first-order valence-electron chi connectivity index (χ1n) is 4.74. The lowest BCUT2D eigenvalue weighted by atomic mass is 10.2. The van der Waals surface area contributed by atoms with Crippen LogP contribution in [0, 0.1) is 11.3 Å². The third-order valence-corrected chi connectivity index (χ3v) is 2.62. The Labute approximate surface area is 102 Å². The van der Waals surface area contributed by atoms with E-state index >= 15 is 0 Å². The molecule has 0 amide bonds. The van der Waals surface area contributed by atoms with Crippen LogP contribution in [0.25, 0.3) is 5.69 Å². The first kappa shape index (κ1) is 11.2. The Morgan fingerprint density at radius 2 is 2.18 bits per heavy atom. The van der Waals surface area contributed by atoms with Crippen LogP contribution < -0.4 is 0 Å². The molecule has 1 N–H and O–H groups in total. The van der Waals surface area contributed by atoms with E-state index in [4.69, 9.17) is 22.0 Å². The van der Waals surface area contributed by atoms with Gasteiger partial charge in [0.2, 0.25) is 0 Å². The van der Waals surface area contributed by atoms with Crippen molar-refractivity contribution in [3.8, 4) is 11.8 Å². The fourth-order valence-electron chi connectivity index (χ4n) is 1.52. The average Bonchev–Trinajstić information content (AvgIpc) is 2.76. The number of nitrogens with zero attached hydrogens (tertiary/aromatic N) is 2. The van der Waals surface area contributed by atoms with Gasteiger partial charge in [0.05, 0.1) is 16.3 Å². The van der Waals surface area contributed by atoms with Gasteiger partial charge in [-0.1, -0.05) is 11.6 Å². The maximum atomic E-state index is 10.8. The number of carboxylic acid groups (broad SMARTS) is 1. The van der Waals surface area contributed by atoms with Crippen molar-refractivity contribution in [3.63, 3.8) is 0 Å². The van der Waals surface area contributed by atoms with Crippen LogP contribution in [0.3, 0.4) is 0 Å². The van der Waals surface area contributed by atoms with Gasteiger partial charge in [-0.25, -0.2) is 4.79 Å². The molecule has 0 unspecified atom stereocenters. The summed E-state index contributed by atoms with van der Waals surface area (Å²) in [7, 11) is 0. The topological polar surface area (TPSA) is 66.0 Å². The molecule has 0 aliphatic rings. The van der Waals surface area contributed by atoms with E-state index in [-0.39, 0.29) is 10.6 Å². The quantitative estimate of drug-likeness (QED) is 0.886. The predicted octanol–water partition coefficient (Wildman–Crippen LogP) is 2.70. The molecular weight excluding hydrogens is 240 g/mol. The third kappa shape index (κ3) is 2.01. The molecule has 0 spiro atoms. The van der Waals surface area contributed by atoms with Crippen molar-refractivity contribution in [1.82, 2.24) is 4.57 Å². The van der Waals surface area contributed by atoms with E-state index in [1.54, 1.807) is 29.0 Å². The highest BCUT2D eigenvalue weighted by molar-refractivity contribution is 6.32. The maximum absolute atomic E-state index is 10.8. The predicted molar refractivity (Wildman–Crippen MR) is 62.5 cm³/mol. The Morgan fingerprint density at radius 1 is 1.41 bits per heavy atom. The molecule has 1 aromatic heterocycles. The van der Waals surface area contributed by atoms with E-state index < -0.39 is 5.97 Å². The molecule has 0 aliphatic heterocycles. The van der Waals surface area contributed by atoms with Crippen LogP contribution >= 0.6 is 11.6 Å². The van der Waals surface area contributed by atoms with Crippen molar-refractivity contribution in [2.24, 2.45) is 0 Å². The van der Waals surface area contributed by atoms with Crippen LogP contribution in [0.15, 0.2) is 36.5 Å². The molecule has 0 aliphatic carbocycles. The van der Waals surface area contributed by atoms with Crippen molar-refractivity contribution < 1.29 is 9.90 Å². The van der Waals surface area contributed by atoms with Crippen molar-refractivity contribution >= 4 is 17.6 Å². The fraction of sp³-hybridized carbons (Fsp3) is 0. The largest absolute Gasteiger partial charge is 0.478 e. The normalized spacial score (nSPS) is 9.88. The van der Waals surface area contributed by atoms with Crippen LogP contribution in [-0.2, 0) is 0 Å². The zero-order valence-corrected chi connectivity index (χ0v) is 9.35. The molecule has 0 atom stereocenters. The highest BCUT2D eigenvalue weighted by Crippen LogP contribution is 2.23. The zero-order chi connectivity index (χ0) is 12.4. The number of carboxylic acids is 1. The second-order valence-corrected chi connectivity index (χ2v) is 3.75. The number of benzene rings is 1. The van der Waals surface area contributed by atoms with Crippen molar-refractivity contribution in [1.29, 1.82) is 5.26 Å². The molecule has 0 saturated heterocycles. The smallest absolute Gasteiger partial charge is 0.335 e. The third-order valence-electron chi connectivity index (χ3n) is 2.32. The summed E-state index contributed by atoms with van der Waals surface area (Å²) in [6.07, 6.45) is 1.69. The summed E-state index contributed by atoms with van der Waals surface area (Å²) in [5, 5.41) is 18.0. The van der Waals surface area contributed by atoms with Crippen LogP contribution in [-0.4, -0.2) is 15.6 Å². The molecule has 0 bridgehead atoms. The van der Waals surface area contributed by atoms with Gasteiger partial charge >= 0.3 is 5.97 Å². The van der Waals surface area contributed by atoms with Crippen molar-refractivity contribution in [2.75, 3.05) is 0 Å². The van der Waals surface area contributed by atoms with Gasteiger partial charge in [0.25, 0.3) is 0 Å². The maximum Gasteiger partial charge on any atom is 0.335 e. The van der Waals surface area contributed by atoms with Gasteiger partial charge in [0.1, 0.15) is 11.8 Å². The average molecular weight is 247 g/mol. The number of aromatic carboxylic acids is 1. The number of aromatic nitrogens is 1. The molecule has 0 fully saturated rings. The molecule has 17 heavy (non-hydrogen) atoms. The van der Waals surface area contributed by atoms with Gasteiger partial charge < -0.3 is 9.67 Å². The molecule has 0 saturated carbocycles. The highest BCUT2D eigenvalue weighted by Gasteiger charge is 2.10. The minimum atomic E-state index is -1.04. The molecule has 5 heteroatoms. The molecule has 2 rings (SSSR count). The lowest BCUT2D eigenvalue weighted by molar-refractivity contribution is 0.0697. The van der Waals surface area contributed by atoms with Gasteiger partial charge in [-0.05, 0) is 30.3 Å². The molecular formula is C12H7ClN2O2. The van der Waals surface area contributed by atoms with Crippen LogP contribution in [0.4, 0.5) is 0 Å².